The highest BCUT2D eigenvalue weighted by Gasteiger charge is 2.09. The van der Waals surface area contributed by atoms with E-state index in [4.69, 9.17) is 4.74 Å². The van der Waals surface area contributed by atoms with Gasteiger partial charge in [0.25, 0.3) is 0 Å². The summed E-state index contributed by atoms with van der Waals surface area (Å²) in [7, 11) is 0. The van der Waals surface area contributed by atoms with E-state index in [0.29, 0.717) is 23.0 Å². The second-order valence-corrected chi connectivity index (χ2v) is 3.51. The number of aromatic nitrogens is 2. The number of aromatic amines is 1. The number of nitrogens with zero attached hydrogens (tertiary/aromatic N) is 1. The summed E-state index contributed by atoms with van der Waals surface area (Å²) in [5.74, 6) is -0.172. The Morgan fingerprint density at radius 3 is 3.21 bits per heavy atom. The highest BCUT2D eigenvalue weighted by Crippen LogP contribution is 2.23. The lowest BCUT2D eigenvalue weighted by Crippen LogP contribution is -2.00. The predicted molar refractivity (Wildman–Crippen MR) is 55.3 cm³/mol. The first-order valence-corrected chi connectivity index (χ1v) is 5.25. The van der Waals surface area contributed by atoms with Crippen molar-refractivity contribution < 1.29 is 9.13 Å². The van der Waals surface area contributed by atoms with Crippen LogP contribution in [-0.2, 0) is 0 Å². The number of hydrogen-bond acceptors (Lipinski definition) is 2. The molecule has 0 amide bonds. The van der Waals surface area contributed by atoms with E-state index in [1.165, 1.54) is 6.20 Å². The van der Waals surface area contributed by atoms with Gasteiger partial charge in [0.15, 0.2) is 11.6 Å². The quantitative estimate of drug-likeness (QED) is 0.860. The van der Waals surface area contributed by atoms with Crippen molar-refractivity contribution in [2.45, 2.75) is 0 Å². The van der Waals surface area contributed by atoms with E-state index in [1.807, 2.05) is 0 Å². The lowest BCUT2D eigenvalue weighted by Gasteiger charge is -2.04. The molecule has 0 aliphatic heterocycles. The van der Waals surface area contributed by atoms with Crippen LogP contribution in [0, 0.1) is 5.82 Å². The molecule has 5 heteroatoms. The summed E-state index contributed by atoms with van der Waals surface area (Å²) in [6.07, 6.45) is 3.03. The SMILES string of the molecule is Fc1c(OCCBr)cnc2[nH]ccc12. The first kappa shape index (κ1) is 9.45. The summed E-state index contributed by atoms with van der Waals surface area (Å²) in [4.78, 5) is 6.85. The van der Waals surface area contributed by atoms with Gasteiger partial charge in [0, 0.05) is 11.5 Å². The maximum absolute atomic E-state index is 13.6. The molecule has 2 heterocycles. The number of ether oxygens (including phenoxy) is 1. The molecule has 0 bridgehead atoms. The molecule has 14 heavy (non-hydrogen) atoms. The zero-order valence-corrected chi connectivity index (χ0v) is 8.84. The van der Waals surface area contributed by atoms with Crippen molar-refractivity contribution in [1.82, 2.24) is 9.97 Å². The lowest BCUT2D eigenvalue weighted by molar-refractivity contribution is 0.326. The number of fused-ring (bicyclic) bond motifs is 1. The Kier molecular flexibility index (Phi) is 2.67. The Balaban J connectivity index is 2.40. The van der Waals surface area contributed by atoms with E-state index in [0.717, 1.165) is 0 Å². The number of H-pyrrole nitrogens is 1. The molecule has 0 aromatic carbocycles. The van der Waals surface area contributed by atoms with Gasteiger partial charge < -0.3 is 9.72 Å². The van der Waals surface area contributed by atoms with Gasteiger partial charge in [-0.3, -0.25) is 0 Å². The molecule has 0 radical (unpaired) electrons. The average Bonchev–Trinajstić information content (AvgIpc) is 2.66. The average molecular weight is 259 g/mol. The summed E-state index contributed by atoms with van der Waals surface area (Å²) in [6.45, 7) is 0.425. The Hall–Kier alpha value is -1.10. The van der Waals surface area contributed by atoms with Gasteiger partial charge in [-0.05, 0) is 6.07 Å². The summed E-state index contributed by atoms with van der Waals surface area (Å²) in [5, 5.41) is 1.12. The second kappa shape index (κ2) is 3.96. The predicted octanol–water partition coefficient (Wildman–Crippen LogP) is 2.48. The van der Waals surface area contributed by atoms with Crippen LogP contribution in [-0.4, -0.2) is 21.9 Å². The van der Waals surface area contributed by atoms with Crippen LogP contribution in [0.1, 0.15) is 0 Å². The Morgan fingerprint density at radius 1 is 1.57 bits per heavy atom. The second-order valence-electron chi connectivity index (χ2n) is 2.71. The van der Waals surface area contributed by atoms with E-state index in [1.54, 1.807) is 12.3 Å². The Morgan fingerprint density at radius 2 is 2.43 bits per heavy atom. The van der Waals surface area contributed by atoms with E-state index in [-0.39, 0.29) is 11.6 Å². The number of hydrogen-bond donors (Lipinski definition) is 1. The van der Waals surface area contributed by atoms with Gasteiger partial charge in [-0.15, -0.1) is 0 Å². The third kappa shape index (κ3) is 1.59. The number of pyridine rings is 1. The van der Waals surface area contributed by atoms with Crippen LogP contribution in [0.4, 0.5) is 4.39 Å². The molecule has 0 aliphatic rings. The van der Waals surface area contributed by atoms with Gasteiger partial charge in [0.05, 0.1) is 18.2 Å². The van der Waals surface area contributed by atoms with Gasteiger partial charge in [-0.2, -0.15) is 0 Å². The molecule has 0 fully saturated rings. The number of nitrogens with one attached hydrogen (secondary N) is 1. The van der Waals surface area contributed by atoms with Crippen molar-refractivity contribution in [2.24, 2.45) is 0 Å². The molecule has 0 unspecified atom stereocenters. The third-order valence-electron chi connectivity index (χ3n) is 1.82. The molecule has 2 rings (SSSR count). The first-order valence-electron chi connectivity index (χ1n) is 4.13. The minimum atomic E-state index is -0.364. The van der Waals surface area contributed by atoms with Gasteiger partial charge in [0.2, 0.25) is 0 Å². The van der Waals surface area contributed by atoms with E-state index >= 15 is 0 Å². The first-order chi connectivity index (χ1) is 6.83. The van der Waals surface area contributed by atoms with Crippen molar-refractivity contribution in [3.8, 4) is 5.75 Å². The molecule has 0 saturated heterocycles. The monoisotopic (exact) mass is 258 g/mol. The molecule has 0 spiro atoms. The Bertz CT molecular complexity index is 443. The van der Waals surface area contributed by atoms with E-state index in [9.17, 15) is 4.39 Å². The highest BCUT2D eigenvalue weighted by atomic mass is 79.9. The zero-order valence-electron chi connectivity index (χ0n) is 7.26. The standard InChI is InChI=1S/C9H8BrFN2O/c10-2-4-14-7-5-13-9-6(8(7)11)1-3-12-9/h1,3,5H,2,4H2,(H,12,13). The Labute approximate surface area is 88.4 Å². The topological polar surface area (TPSA) is 37.9 Å². The van der Waals surface area contributed by atoms with Crippen LogP contribution in [0.25, 0.3) is 11.0 Å². The third-order valence-corrected chi connectivity index (χ3v) is 2.15. The molecule has 0 saturated carbocycles. The molecule has 74 valence electrons. The molecule has 2 aromatic heterocycles. The molecule has 3 nitrogen and oxygen atoms in total. The van der Waals surface area contributed by atoms with Gasteiger partial charge in [0.1, 0.15) is 5.65 Å². The largest absolute Gasteiger partial charge is 0.488 e. The lowest BCUT2D eigenvalue weighted by atomic mass is 10.3. The maximum atomic E-state index is 13.6. The fourth-order valence-electron chi connectivity index (χ4n) is 1.21. The summed E-state index contributed by atoms with van der Waals surface area (Å²) in [5.41, 5.74) is 0.536. The smallest absolute Gasteiger partial charge is 0.177 e. The molecule has 0 aliphatic carbocycles. The van der Waals surface area contributed by atoms with Crippen LogP contribution in [0.3, 0.4) is 0 Å². The summed E-state index contributed by atoms with van der Waals surface area (Å²) < 4.78 is 18.8. The van der Waals surface area contributed by atoms with E-state index < -0.39 is 0 Å². The van der Waals surface area contributed by atoms with Gasteiger partial charge in [-0.25, -0.2) is 9.37 Å². The van der Waals surface area contributed by atoms with Crippen molar-refractivity contribution in [3.05, 3.63) is 24.3 Å². The number of rotatable bonds is 3. The highest BCUT2D eigenvalue weighted by molar-refractivity contribution is 9.09. The van der Waals surface area contributed by atoms with Crippen molar-refractivity contribution in [3.63, 3.8) is 0 Å². The van der Waals surface area contributed by atoms with Crippen molar-refractivity contribution in [1.29, 1.82) is 0 Å². The fourth-order valence-corrected chi connectivity index (χ4v) is 1.37. The van der Waals surface area contributed by atoms with Crippen molar-refractivity contribution in [2.75, 3.05) is 11.9 Å². The molecular weight excluding hydrogens is 251 g/mol. The van der Waals surface area contributed by atoms with Gasteiger partial charge in [-0.1, -0.05) is 15.9 Å². The molecule has 2 aromatic rings. The van der Waals surface area contributed by atoms with Crippen LogP contribution < -0.4 is 4.74 Å². The van der Waals surface area contributed by atoms with Crippen LogP contribution in [0.5, 0.6) is 5.75 Å². The van der Waals surface area contributed by atoms with Crippen molar-refractivity contribution >= 4 is 27.0 Å². The van der Waals surface area contributed by atoms with Crippen LogP contribution in [0.15, 0.2) is 18.5 Å². The van der Waals surface area contributed by atoms with Crippen LogP contribution in [0.2, 0.25) is 0 Å². The molecule has 0 atom stereocenters. The van der Waals surface area contributed by atoms with Gasteiger partial charge >= 0.3 is 0 Å². The summed E-state index contributed by atoms with van der Waals surface area (Å²) >= 11 is 3.20. The minimum Gasteiger partial charge on any atom is -0.488 e. The zero-order chi connectivity index (χ0) is 9.97. The molecule has 1 N–H and O–H groups in total. The summed E-state index contributed by atoms with van der Waals surface area (Å²) in [6, 6.07) is 1.64. The van der Waals surface area contributed by atoms with E-state index in [2.05, 4.69) is 25.9 Å². The number of alkyl halides is 1. The maximum Gasteiger partial charge on any atom is 0.177 e. The van der Waals surface area contributed by atoms with Crippen LogP contribution >= 0.6 is 15.9 Å². The minimum absolute atomic E-state index is 0.191. The number of halogens is 2. The fraction of sp³-hybridized carbons (Fsp3) is 0.222. The normalized spacial score (nSPS) is 10.7. The molecular formula is C9H8BrFN2O.